The van der Waals surface area contributed by atoms with Crippen LogP contribution in [0.5, 0.6) is 11.5 Å². The second-order valence-electron chi connectivity index (χ2n) is 3.37. The van der Waals surface area contributed by atoms with Gasteiger partial charge in [-0.1, -0.05) is 12.2 Å². The quantitative estimate of drug-likeness (QED) is 0.624. The Morgan fingerprint density at radius 3 is 2.29 bits per heavy atom. The van der Waals surface area contributed by atoms with E-state index in [0.717, 1.165) is 24.0 Å². The highest BCUT2D eigenvalue weighted by Crippen LogP contribution is 2.28. The van der Waals surface area contributed by atoms with E-state index in [0.29, 0.717) is 17.1 Å². The van der Waals surface area contributed by atoms with Crippen LogP contribution in [0.3, 0.4) is 0 Å². The molecular formula is C13H16O3S. The third kappa shape index (κ3) is 3.53. The summed E-state index contributed by atoms with van der Waals surface area (Å²) in [4.78, 5) is 10.9. The number of rotatable bonds is 6. The SMILES string of the molecule is COc1cc(C=CCCS)c(OC)cc1C=O. The molecule has 1 aromatic rings. The first-order valence-electron chi connectivity index (χ1n) is 5.25. The number of aldehydes is 1. The fourth-order valence-corrected chi connectivity index (χ4v) is 1.60. The first kappa shape index (κ1) is 13.6. The van der Waals surface area contributed by atoms with Crippen LogP contribution in [-0.2, 0) is 0 Å². The molecule has 1 aromatic carbocycles. The summed E-state index contributed by atoms with van der Waals surface area (Å²) >= 11 is 4.13. The monoisotopic (exact) mass is 252 g/mol. The molecule has 0 fully saturated rings. The zero-order chi connectivity index (χ0) is 12.7. The molecule has 0 aliphatic heterocycles. The van der Waals surface area contributed by atoms with Crippen molar-refractivity contribution in [1.29, 1.82) is 0 Å². The molecule has 0 radical (unpaired) electrons. The molecule has 0 aromatic heterocycles. The molecule has 0 aliphatic carbocycles. The van der Waals surface area contributed by atoms with E-state index in [-0.39, 0.29) is 0 Å². The lowest BCUT2D eigenvalue weighted by atomic mass is 10.1. The molecule has 0 bridgehead atoms. The second kappa shape index (κ2) is 7.01. The van der Waals surface area contributed by atoms with E-state index in [1.165, 1.54) is 7.11 Å². The van der Waals surface area contributed by atoms with Crippen LogP contribution in [0.4, 0.5) is 0 Å². The van der Waals surface area contributed by atoms with E-state index in [4.69, 9.17) is 9.47 Å². The standard InChI is InChI=1S/C13H16O3S/c1-15-12-8-11(9-14)13(16-2)7-10(12)5-3-4-6-17/h3,5,7-9,17H,4,6H2,1-2H3. The molecule has 0 atom stereocenters. The number of methoxy groups -OCH3 is 2. The van der Waals surface area contributed by atoms with Crippen LogP contribution >= 0.6 is 12.6 Å². The van der Waals surface area contributed by atoms with Gasteiger partial charge in [-0.3, -0.25) is 4.79 Å². The number of allylic oxidation sites excluding steroid dienone is 1. The maximum Gasteiger partial charge on any atom is 0.153 e. The molecule has 4 heteroatoms. The second-order valence-corrected chi connectivity index (χ2v) is 3.82. The van der Waals surface area contributed by atoms with Gasteiger partial charge in [-0.15, -0.1) is 0 Å². The molecule has 0 saturated heterocycles. The van der Waals surface area contributed by atoms with E-state index in [1.54, 1.807) is 19.2 Å². The highest BCUT2D eigenvalue weighted by atomic mass is 32.1. The van der Waals surface area contributed by atoms with Crippen molar-refractivity contribution in [3.8, 4) is 11.5 Å². The Labute approximate surface area is 107 Å². The van der Waals surface area contributed by atoms with Crippen molar-refractivity contribution in [2.45, 2.75) is 6.42 Å². The van der Waals surface area contributed by atoms with Gasteiger partial charge in [0, 0.05) is 5.56 Å². The average Bonchev–Trinajstić information content (AvgIpc) is 2.38. The summed E-state index contributed by atoms with van der Waals surface area (Å²) in [7, 11) is 3.11. The van der Waals surface area contributed by atoms with Crippen molar-refractivity contribution >= 4 is 25.0 Å². The Bertz CT molecular complexity index is 413. The van der Waals surface area contributed by atoms with Gasteiger partial charge in [0.15, 0.2) is 6.29 Å². The fraction of sp³-hybridized carbons (Fsp3) is 0.308. The van der Waals surface area contributed by atoms with E-state index < -0.39 is 0 Å². The van der Waals surface area contributed by atoms with Crippen molar-refractivity contribution in [2.75, 3.05) is 20.0 Å². The highest BCUT2D eigenvalue weighted by molar-refractivity contribution is 7.80. The lowest BCUT2D eigenvalue weighted by Crippen LogP contribution is -1.95. The first-order valence-corrected chi connectivity index (χ1v) is 5.88. The number of hydrogen-bond acceptors (Lipinski definition) is 4. The van der Waals surface area contributed by atoms with Gasteiger partial charge in [-0.25, -0.2) is 0 Å². The smallest absolute Gasteiger partial charge is 0.153 e. The number of carbonyl (C=O) groups excluding carboxylic acids is 1. The molecule has 0 saturated carbocycles. The van der Waals surface area contributed by atoms with Crippen molar-refractivity contribution < 1.29 is 14.3 Å². The van der Waals surface area contributed by atoms with Gasteiger partial charge in [-0.2, -0.15) is 12.6 Å². The first-order chi connectivity index (χ1) is 8.26. The maximum atomic E-state index is 10.9. The molecule has 0 amide bonds. The zero-order valence-corrected chi connectivity index (χ0v) is 10.9. The number of benzene rings is 1. The van der Waals surface area contributed by atoms with Crippen LogP contribution in [0.25, 0.3) is 6.08 Å². The van der Waals surface area contributed by atoms with Gasteiger partial charge in [0.1, 0.15) is 11.5 Å². The normalized spacial score (nSPS) is 10.5. The third-order valence-electron chi connectivity index (χ3n) is 2.30. The molecule has 0 unspecified atom stereocenters. The van der Waals surface area contributed by atoms with E-state index in [9.17, 15) is 4.79 Å². The Morgan fingerprint density at radius 1 is 1.18 bits per heavy atom. The summed E-state index contributed by atoms with van der Waals surface area (Å²) in [5.74, 6) is 2.00. The van der Waals surface area contributed by atoms with Crippen LogP contribution in [0, 0.1) is 0 Å². The largest absolute Gasteiger partial charge is 0.496 e. The summed E-state index contributed by atoms with van der Waals surface area (Å²) in [6.45, 7) is 0. The minimum Gasteiger partial charge on any atom is -0.496 e. The van der Waals surface area contributed by atoms with Crippen molar-refractivity contribution in [3.63, 3.8) is 0 Å². The number of ether oxygens (including phenoxy) is 2. The number of carbonyl (C=O) groups is 1. The van der Waals surface area contributed by atoms with E-state index in [1.807, 2.05) is 12.2 Å². The highest BCUT2D eigenvalue weighted by Gasteiger charge is 2.08. The zero-order valence-electron chi connectivity index (χ0n) is 9.97. The van der Waals surface area contributed by atoms with Crippen LogP contribution in [-0.4, -0.2) is 26.3 Å². The molecular weight excluding hydrogens is 236 g/mol. The summed E-state index contributed by atoms with van der Waals surface area (Å²) in [6, 6.07) is 3.46. The molecule has 0 N–H and O–H groups in total. The molecule has 92 valence electrons. The molecule has 0 heterocycles. The summed E-state index contributed by atoms with van der Waals surface area (Å²) < 4.78 is 10.4. The topological polar surface area (TPSA) is 35.5 Å². The van der Waals surface area contributed by atoms with Gasteiger partial charge in [0.25, 0.3) is 0 Å². The van der Waals surface area contributed by atoms with Gasteiger partial charge in [0.05, 0.1) is 19.8 Å². The van der Waals surface area contributed by atoms with E-state index in [2.05, 4.69) is 12.6 Å². The predicted molar refractivity (Wildman–Crippen MR) is 72.4 cm³/mol. The van der Waals surface area contributed by atoms with Crippen molar-refractivity contribution in [2.24, 2.45) is 0 Å². The molecule has 3 nitrogen and oxygen atoms in total. The van der Waals surface area contributed by atoms with Gasteiger partial charge in [-0.05, 0) is 24.3 Å². The van der Waals surface area contributed by atoms with Gasteiger partial charge in [0.2, 0.25) is 0 Å². The third-order valence-corrected chi connectivity index (χ3v) is 2.56. The molecule has 17 heavy (non-hydrogen) atoms. The minimum atomic E-state index is 0.482. The summed E-state index contributed by atoms with van der Waals surface area (Å²) in [6.07, 6.45) is 5.57. The van der Waals surface area contributed by atoms with Crippen LogP contribution in [0.1, 0.15) is 22.3 Å². The Hall–Kier alpha value is -1.42. The van der Waals surface area contributed by atoms with Crippen LogP contribution < -0.4 is 9.47 Å². The Kier molecular flexibility index (Phi) is 5.63. The summed E-state index contributed by atoms with van der Waals surface area (Å²) in [5.41, 5.74) is 1.37. The van der Waals surface area contributed by atoms with Crippen LogP contribution in [0.15, 0.2) is 18.2 Å². The maximum absolute atomic E-state index is 10.9. The minimum absolute atomic E-state index is 0.482. The van der Waals surface area contributed by atoms with Gasteiger partial charge < -0.3 is 9.47 Å². The van der Waals surface area contributed by atoms with Crippen LogP contribution in [0.2, 0.25) is 0 Å². The Balaban J connectivity index is 3.14. The average molecular weight is 252 g/mol. The number of hydrogen-bond donors (Lipinski definition) is 1. The lowest BCUT2D eigenvalue weighted by molar-refractivity contribution is 0.112. The van der Waals surface area contributed by atoms with Crippen molar-refractivity contribution in [3.05, 3.63) is 29.3 Å². The molecule has 0 aliphatic rings. The summed E-state index contributed by atoms with van der Waals surface area (Å²) in [5, 5.41) is 0. The number of thiol groups is 1. The molecule has 0 spiro atoms. The Morgan fingerprint density at radius 2 is 1.76 bits per heavy atom. The predicted octanol–water partition coefficient (Wildman–Crippen LogP) is 2.85. The lowest BCUT2D eigenvalue weighted by Gasteiger charge is -2.09. The van der Waals surface area contributed by atoms with E-state index >= 15 is 0 Å². The van der Waals surface area contributed by atoms with Gasteiger partial charge >= 0.3 is 0 Å². The fourth-order valence-electron chi connectivity index (χ4n) is 1.45. The molecule has 1 rings (SSSR count). The van der Waals surface area contributed by atoms with Crippen molar-refractivity contribution in [1.82, 2.24) is 0 Å².